The van der Waals surface area contributed by atoms with Crippen LogP contribution in [0.4, 0.5) is 0 Å². The van der Waals surface area contributed by atoms with Crippen molar-refractivity contribution in [2.24, 2.45) is 5.10 Å². The number of benzene rings is 3. The Labute approximate surface area is 189 Å². The van der Waals surface area contributed by atoms with Gasteiger partial charge in [0, 0.05) is 15.6 Å². The van der Waals surface area contributed by atoms with Gasteiger partial charge in [-0.3, -0.25) is 9.59 Å². The number of ether oxygens (including phenoxy) is 1. The molecule has 0 aromatic heterocycles. The number of hydrogen-bond donors (Lipinski definition) is 2. The highest BCUT2D eigenvalue weighted by Gasteiger charge is 2.08. The average molecular weight is 480 g/mol. The Morgan fingerprint density at radius 1 is 1.03 bits per heavy atom. The van der Waals surface area contributed by atoms with Gasteiger partial charge < -0.3 is 10.1 Å². The summed E-state index contributed by atoms with van der Waals surface area (Å²) in [5, 5.41) is 6.54. The summed E-state index contributed by atoms with van der Waals surface area (Å²) in [7, 11) is 0. The van der Waals surface area contributed by atoms with Gasteiger partial charge in [0.15, 0.2) is 0 Å². The number of carbonyl (C=O) groups excluding carboxylic acids is 2. The van der Waals surface area contributed by atoms with Gasteiger partial charge in [0.1, 0.15) is 12.4 Å². The lowest BCUT2D eigenvalue weighted by atomic mass is 10.1. The lowest BCUT2D eigenvalue weighted by Crippen LogP contribution is -2.34. The fourth-order valence-corrected chi connectivity index (χ4v) is 3.06. The SMILES string of the molecule is Cc1cccc(C(=O)NCC(=O)N/N=C/c2cc(OCc3ccccc3)ccc2Br)c1. The van der Waals surface area contributed by atoms with Crippen molar-refractivity contribution in [3.63, 3.8) is 0 Å². The first kappa shape index (κ1) is 22.2. The van der Waals surface area contributed by atoms with Crippen molar-refractivity contribution in [3.05, 3.63) is 99.5 Å². The van der Waals surface area contributed by atoms with Crippen molar-refractivity contribution in [1.82, 2.24) is 10.7 Å². The van der Waals surface area contributed by atoms with E-state index in [1.165, 1.54) is 6.21 Å². The van der Waals surface area contributed by atoms with Crippen LogP contribution in [-0.4, -0.2) is 24.6 Å². The Kier molecular flexibility index (Phi) is 7.95. The van der Waals surface area contributed by atoms with E-state index < -0.39 is 5.91 Å². The van der Waals surface area contributed by atoms with E-state index in [0.717, 1.165) is 21.2 Å². The Balaban J connectivity index is 1.50. The third-order valence-corrected chi connectivity index (χ3v) is 5.02. The van der Waals surface area contributed by atoms with Gasteiger partial charge >= 0.3 is 0 Å². The van der Waals surface area contributed by atoms with E-state index in [9.17, 15) is 9.59 Å². The second-order valence-electron chi connectivity index (χ2n) is 6.80. The van der Waals surface area contributed by atoms with Crippen molar-refractivity contribution in [3.8, 4) is 5.75 Å². The molecule has 0 unspecified atom stereocenters. The monoisotopic (exact) mass is 479 g/mol. The average Bonchev–Trinajstić information content (AvgIpc) is 2.78. The predicted octanol–water partition coefficient (Wildman–Crippen LogP) is 4.22. The second-order valence-corrected chi connectivity index (χ2v) is 7.66. The molecule has 158 valence electrons. The molecule has 6 nitrogen and oxygen atoms in total. The number of carbonyl (C=O) groups is 2. The Hall–Kier alpha value is -3.45. The topological polar surface area (TPSA) is 79.8 Å². The van der Waals surface area contributed by atoms with E-state index in [2.05, 4.69) is 31.8 Å². The van der Waals surface area contributed by atoms with Gasteiger partial charge in [-0.2, -0.15) is 5.10 Å². The van der Waals surface area contributed by atoms with Gasteiger partial charge in [-0.05, 0) is 42.8 Å². The van der Waals surface area contributed by atoms with Crippen LogP contribution in [0.5, 0.6) is 5.75 Å². The minimum Gasteiger partial charge on any atom is -0.489 e. The maximum atomic E-state index is 12.1. The molecule has 0 aliphatic carbocycles. The molecular formula is C24H22BrN3O3. The van der Waals surface area contributed by atoms with E-state index in [1.54, 1.807) is 18.2 Å². The van der Waals surface area contributed by atoms with Crippen LogP contribution in [0.25, 0.3) is 0 Å². The molecule has 0 saturated heterocycles. The summed E-state index contributed by atoms with van der Waals surface area (Å²) < 4.78 is 6.62. The molecule has 3 aromatic rings. The molecule has 0 radical (unpaired) electrons. The molecule has 0 aliphatic rings. The first-order valence-electron chi connectivity index (χ1n) is 9.64. The molecule has 31 heavy (non-hydrogen) atoms. The Bertz CT molecular complexity index is 1080. The minimum atomic E-state index is -0.426. The number of amides is 2. The summed E-state index contributed by atoms with van der Waals surface area (Å²) in [5.41, 5.74) is 5.70. The number of hydrogen-bond acceptors (Lipinski definition) is 4. The van der Waals surface area contributed by atoms with Gasteiger partial charge in [-0.15, -0.1) is 0 Å². The predicted molar refractivity (Wildman–Crippen MR) is 124 cm³/mol. The van der Waals surface area contributed by atoms with Crippen LogP contribution in [0.1, 0.15) is 27.0 Å². The number of halogens is 1. The zero-order chi connectivity index (χ0) is 22.1. The third kappa shape index (κ3) is 7.08. The van der Waals surface area contributed by atoms with E-state index in [4.69, 9.17) is 4.74 Å². The van der Waals surface area contributed by atoms with Gasteiger partial charge in [-0.25, -0.2) is 5.43 Å². The van der Waals surface area contributed by atoms with Crippen molar-refractivity contribution in [2.45, 2.75) is 13.5 Å². The largest absolute Gasteiger partial charge is 0.489 e. The van der Waals surface area contributed by atoms with E-state index >= 15 is 0 Å². The maximum absolute atomic E-state index is 12.1. The number of hydrazone groups is 1. The number of nitrogens with zero attached hydrogens (tertiary/aromatic N) is 1. The molecule has 3 rings (SSSR count). The fraction of sp³-hybridized carbons (Fsp3) is 0.125. The molecule has 0 aliphatic heterocycles. The van der Waals surface area contributed by atoms with E-state index in [-0.39, 0.29) is 12.5 Å². The Morgan fingerprint density at radius 2 is 1.84 bits per heavy atom. The van der Waals surface area contributed by atoms with Gasteiger partial charge in [0.05, 0.1) is 12.8 Å². The molecule has 0 saturated carbocycles. The molecule has 7 heteroatoms. The molecule has 2 amide bonds. The van der Waals surface area contributed by atoms with Gasteiger partial charge in [0.2, 0.25) is 0 Å². The van der Waals surface area contributed by atoms with Crippen LogP contribution in [0.3, 0.4) is 0 Å². The molecule has 0 fully saturated rings. The van der Waals surface area contributed by atoms with Gasteiger partial charge in [0.25, 0.3) is 11.8 Å². The van der Waals surface area contributed by atoms with Crippen LogP contribution in [0, 0.1) is 6.92 Å². The molecule has 3 aromatic carbocycles. The summed E-state index contributed by atoms with van der Waals surface area (Å²) >= 11 is 3.46. The molecule has 0 spiro atoms. The van der Waals surface area contributed by atoms with Crippen molar-refractivity contribution < 1.29 is 14.3 Å². The summed E-state index contributed by atoms with van der Waals surface area (Å²) in [6.45, 7) is 2.18. The summed E-state index contributed by atoms with van der Waals surface area (Å²) in [6, 6.07) is 22.6. The minimum absolute atomic E-state index is 0.175. The fourth-order valence-electron chi connectivity index (χ4n) is 2.71. The summed E-state index contributed by atoms with van der Waals surface area (Å²) in [5.74, 6) is -0.0519. The molecule has 0 bridgehead atoms. The molecule has 2 N–H and O–H groups in total. The lowest BCUT2D eigenvalue weighted by Gasteiger charge is -2.08. The molecular weight excluding hydrogens is 458 g/mol. The van der Waals surface area contributed by atoms with Gasteiger partial charge in [-0.1, -0.05) is 64.0 Å². The highest BCUT2D eigenvalue weighted by molar-refractivity contribution is 9.10. The molecule has 0 atom stereocenters. The van der Waals surface area contributed by atoms with Crippen molar-refractivity contribution in [1.29, 1.82) is 0 Å². The quantitative estimate of drug-likeness (QED) is 0.375. The first-order chi connectivity index (χ1) is 15.0. The van der Waals surface area contributed by atoms with Crippen LogP contribution in [0.2, 0.25) is 0 Å². The normalized spacial score (nSPS) is 10.6. The van der Waals surface area contributed by atoms with Crippen molar-refractivity contribution >= 4 is 34.0 Å². The highest BCUT2D eigenvalue weighted by atomic mass is 79.9. The van der Waals surface area contributed by atoms with Crippen molar-refractivity contribution in [2.75, 3.05) is 6.54 Å². The summed E-state index contributed by atoms with van der Waals surface area (Å²) in [6.07, 6.45) is 1.51. The second kappa shape index (κ2) is 11.1. The third-order valence-electron chi connectivity index (χ3n) is 4.30. The lowest BCUT2D eigenvalue weighted by molar-refractivity contribution is -0.120. The number of aryl methyl sites for hydroxylation is 1. The van der Waals surface area contributed by atoms with Crippen LogP contribution < -0.4 is 15.5 Å². The number of nitrogens with one attached hydrogen (secondary N) is 2. The number of rotatable bonds is 8. The van der Waals surface area contributed by atoms with Crippen LogP contribution >= 0.6 is 15.9 Å². The maximum Gasteiger partial charge on any atom is 0.259 e. The molecule has 0 heterocycles. The summed E-state index contributed by atoms with van der Waals surface area (Å²) in [4.78, 5) is 24.1. The standard InChI is InChI=1S/C24H22BrN3O3/c1-17-6-5-9-19(12-17)24(30)26-15-23(29)28-27-14-20-13-21(10-11-22(20)25)31-16-18-7-3-2-4-8-18/h2-14H,15-16H2,1H3,(H,26,30)(H,28,29)/b27-14+. The van der Waals surface area contributed by atoms with Crippen LogP contribution in [0.15, 0.2) is 82.4 Å². The zero-order valence-electron chi connectivity index (χ0n) is 17.0. The zero-order valence-corrected chi connectivity index (χ0v) is 18.6. The first-order valence-corrected chi connectivity index (χ1v) is 10.4. The smallest absolute Gasteiger partial charge is 0.259 e. The van der Waals surface area contributed by atoms with E-state index in [0.29, 0.717) is 17.9 Å². The van der Waals surface area contributed by atoms with Crippen LogP contribution in [-0.2, 0) is 11.4 Å². The highest BCUT2D eigenvalue weighted by Crippen LogP contribution is 2.22. The van der Waals surface area contributed by atoms with E-state index in [1.807, 2.05) is 61.5 Å². The Morgan fingerprint density at radius 3 is 2.61 bits per heavy atom.